The molecular weight excluding hydrogens is 332 g/mol. The summed E-state index contributed by atoms with van der Waals surface area (Å²) in [6.45, 7) is 0.262. The third kappa shape index (κ3) is 4.49. The Balaban J connectivity index is 1.97. The Morgan fingerprint density at radius 3 is 2.48 bits per heavy atom. The zero-order chi connectivity index (χ0) is 15.5. The van der Waals surface area contributed by atoms with Gasteiger partial charge < -0.3 is 0 Å². The van der Waals surface area contributed by atoms with Crippen molar-refractivity contribution in [3.63, 3.8) is 0 Å². The Hall–Kier alpha value is -0.480. The summed E-state index contributed by atoms with van der Waals surface area (Å²) in [5.74, 6) is 0. The molecule has 1 heterocycles. The van der Waals surface area contributed by atoms with Crippen LogP contribution in [0.4, 0.5) is 0 Å². The third-order valence-electron chi connectivity index (χ3n) is 3.54. The summed E-state index contributed by atoms with van der Waals surface area (Å²) in [4.78, 5) is 0. The fourth-order valence-electron chi connectivity index (χ4n) is 2.59. The van der Waals surface area contributed by atoms with Crippen LogP contribution < -0.4 is 4.72 Å². The molecule has 9 heteroatoms. The summed E-state index contributed by atoms with van der Waals surface area (Å²) >= 11 is 1.14. The van der Waals surface area contributed by atoms with Crippen molar-refractivity contribution in [1.29, 1.82) is 0 Å². The van der Waals surface area contributed by atoms with E-state index in [1.807, 2.05) is 0 Å². The first-order valence-electron chi connectivity index (χ1n) is 6.81. The molecule has 0 aromatic carbocycles. The lowest BCUT2D eigenvalue weighted by Crippen LogP contribution is -2.43. The minimum Gasteiger partial charge on any atom is -0.212 e. The Morgan fingerprint density at radius 2 is 1.95 bits per heavy atom. The van der Waals surface area contributed by atoms with E-state index in [0.29, 0.717) is 0 Å². The molecule has 0 unspecified atom stereocenters. The lowest BCUT2D eigenvalue weighted by molar-refractivity contribution is 0.328. The smallest absolute Gasteiger partial charge is 0.212 e. The molecule has 120 valence electrons. The molecule has 0 saturated heterocycles. The largest absolute Gasteiger partial charge is 0.250 e. The highest BCUT2D eigenvalue weighted by Gasteiger charge is 2.29. The van der Waals surface area contributed by atoms with Crippen molar-refractivity contribution in [1.82, 2.24) is 9.03 Å². The van der Waals surface area contributed by atoms with Gasteiger partial charge in [-0.3, -0.25) is 0 Å². The van der Waals surface area contributed by atoms with Gasteiger partial charge in [-0.05, 0) is 24.3 Å². The maximum absolute atomic E-state index is 12.0. The first kappa shape index (κ1) is 16.9. The number of hydrogen-bond acceptors (Lipinski definition) is 5. The number of hydrogen-bond donors (Lipinski definition) is 1. The van der Waals surface area contributed by atoms with Crippen LogP contribution in [0.15, 0.2) is 21.7 Å². The van der Waals surface area contributed by atoms with Crippen molar-refractivity contribution in [3.05, 3.63) is 17.5 Å². The van der Waals surface area contributed by atoms with Crippen molar-refractivity contribution in [2.24, 2.45) is 0 Å². The first-order chi connectivity index (χ1) is 9.81. The number of thiophene rings is 1. The molecule has 0 radical (unpaired) electrons. The predicted molar refractivity (Wildman–Crippen MR) is 83.3 cm³/mol. The molecule has 1 aromatic rings. The van der Waals surface area contributed by atoms with Gasteiger partial charge in [0.1, 0.15) is 4.21 Å². The molecular formula is C12H20N2O4S3. The van der Waals surface area contributed by atoms with Crippen molar-refractivity contribution in [2.45, 2.75) is 35.9 Å². The van der Waals surface area contributed by atoms with E-state index in [1.54, 1.807) is 11.4 Å². The molecule has 0 amide bonds. The van der Waals surface area contributed by atoms with Crippen LogP contribution in [-0.2, 0) is 20.0 Å². The monoisotopic (exact) mass is 352 g/mol. The van der Waals surface area contributed by atoms with Crippen LogP contribution in [0.3, 0.4) is 0 Å². The van der Waals surface area contributed by atoms with Crippen molar-refractivity contribution in [3.8, 4) is 0 Å². The molecule has 1 aromatic heterocycles. The van der Waals surface area contributed by atoms with Gasteiger partial charge >= 0.3 is 0 Å². The van der Waals surface area contributed by atoms with E-state index in [4.69, 9.17) is 0 Å². The van der Waals surface area contributed by atoms with Gasteiger partial charge in [-0.15, -0.1) is 11.3 Å². The van der Waals surface area contributed by atoms with E-state index in [0.717, 1.165) is 37.0 Å². The van der Waals surface area contributed by atoms with Gasteiger partial charge in [0.25, 0.3) is 0 Å². The van der Waals surface area contributed by atoms with Crippen molar-refractivity contribution in [2.75, 3.05) is 19.3 Å². The average Bonchev–Trinajstić information content (AvgIpc) is 3.05. The van der Waals surface area contributed by atoms with Crippen LogP contribution >= 0.6 is 11.3 Å². The lowest BCUT2D eigenvalue weighted by atomic mass is 10.2. The van der Waals surface area contributed by atoms with Gasteiger partial charge in [-0.25, -0.2) is 21.6 Å². The van der Waals surface area contributed by atoms with Gasteiger partial charge in [0, 0.05) is 19.1 Å². The average molecular weight is 353 g/mol. The van der Waals surface area contributed by atoms with E-state index < -0.39 is 20.0 Å². The zero-order valence-electron chi connectivity index (χ0n) is 11.9. The predicted octanol–water partition coefficient (Wildman–Crippen LogP) is 1.23. The van der Waals surface area contributed by atoms with E-state index in [1.165, 1.54) is 16.6 Å². The lowest BCUT2D eigenvalue weighted by Gasteiger charge is -2.26. The second-order valence-electron chi connectivity index (χ2n) is 5.14. The Labute approximate surface area is 130 Å². The topological polar surface area (TPSA) is 83.6 Å². The molecule has 1 N–H and O–H groups in total. The summed E-state index contributed by atoms with van der Waals surface area (Å²) in [6.07, 6.45) is 4.93. The maximum atomic E-state index is 12.0. The SMILES string of the molecule is CS(=O)(=O)N(CCNS(=O)(=O)c1cccs1)C1CCCC1. The number of nitrogens with one attached hydrogen (secondary N) is 1. The van der Waals surface area contributed by atoms with Gasteiger partial charge in [0.15, 0.2) is 0 Å². The minimum absolute atomic E-state index is 0.00578. The Morgan fingerprint density at radius 1 is 1.29 bits per heavy atom. The van der Waals surface area contributed by atoms with Crippen LogP contribution in [0.5, 0.6) is 0 Å². The van der Waals surface area contributed by atoms with Crippen LogP contribution in [0.1, 0.15) is 25.7 Å². The third-order valence-corrected chi connectivity index (χ3v) is 7.73. The Kier molecular flexibility index (Phi) is 5.42. The molecule has 1 aliphatic carbocycles. The molecule has 1 fully saturated rings. The fraction of sp³-hybridized carbons (Fsp3) is 0.667. The molecule has 6 nitrogen and oxygen atoms in total. The molecule has 0 atom stereocenters. The first-order valence-corrected chi connectivity index (χ1v) is 11.0. The van der Waals surface area contributed by atoms with Crippen molar-refractivity contribution >= 4 is 31.4 Å². The standard InChI is InChI=1S/C12H20N2O4S3/c1-20(15,16)14(11-5-2-3-6-11)9-8-13-21(17,18)12-7-4-10-19-12/h4,7,10-11,13H,2-3,5-6,8-9H2,1H3. The van der Waals surface area contributed by atoms with Gasteiger partial charge in [0.2, 0.25) is 20.0 Å². The minimum atomic E-state index is -3.53. The molecule has 2 rings (SSSR count). The number of rotatable bonds is 7. The fourth-order valence-corrected chi connectivity index (χ4v) is 5.82. The second-order valence-corrected chi connectivity index (χ2v) is 10.0. The summed E-state index contributed by atoms with van der Waals surface area (Å²) in [6, 6.07) is 3.20. The highest BCUT2D eigenvalue weighted by Crippen LogP contribution is 2.25. The van der Waals surface area contributed by atoms with E-state index in [9.17, 15) is 16.8 Å². The van der Waals surface area contributed by atoms with E-state index in [2.05, 4.69) is 4.72 Å². The summed E-state index contributed by atoms with van der Waals surface area (Å²) in [5, 5.41) is 1.69. The number of sulfonamides is 2. The van der Waals surface area contributed by atoms with Crippen molar-refractivity contribution < 1.29 is 16.8 Å². The molecule has 0 spiro atoms. The van der Waals surface area contributed by atoms with Crippen LogP contribution in [0, 0.1) is 0 Å². The normalized spacial score (nSPS) is 17.6. The Bertz CT molecular complexity index is 647. The zero-order valence-corrected chi connectivity index (χ0v) is 14.3. The molecule has 1 aliphatic rings. The number of nitrogens with zero attached hydrogens (tertiary/aromatic N) is 1. The molecule has 1 saturated carbocycles. The summed E-state index contributed by atoms with van der Waals surface area (Å²) in [7, 11) is -6.85. The van der Waals surface area contributed by atoms with E-state index >= 15 is 0 Å². The second kappa shape index (κ2) is 6.74. The highest BCUT2D eigenvalue weighted by atomic mass is 32.2. The van der Waals surface area contributed by atoms with Crippen LogP contribution in [0.2, 0.25) is 0 Å². The molecule has 21 heavy (non-hydrogen) atoms. The van der Waals surface area contributed by atoms with Gasteiger partial charge in [0.05, 0.1) is 6.26 Å². The van der Waals surface area contributed by atoms with Crippen LogP contribution in [0.25, 0.3) is 0 Å². The quantitative estimate of drug-likeness (QED) is 0.800. The molecule has 0 bridgehead atoms. The highest BCUT2D eigenvalue weighted by molar-refractivity contribution is 7.91. The maximum Gasteiger partial charge on any atom is 0.250 e. The summed E-state index contributed by atoms with van der Waals surface area (Å²) in [5.41, 5.74) is 0. The summed E-state index contributed by atoms with van der Waals surface area (Å²) < 4.78 is 51.8. The van der Waals surface area contributed by atoms with E-state index in [-0.39, 0.29) is 23.3 Å². The van der Waals surface area contributed by atoms with Gasteiger partial charge in [-0.1, -0.05) is 18.9 Å². The van der Waals surface area contributed by atoms with Crippen LogP contribution in [-0.4, -0.2) is 46.5 Å². The van der Waals surface area contributed by atoms with Gasteiger partial charge in [-0.2, -0.15) is 4.31 Å². The molecule has 0 aliphatic heterocycles.